The molecule has 0 radical (unpaired) electrons. The van der Waals surface area contributed by atoms with Crippen molar-refractivity contribution in [3.05, 3.63) is 52.3 Å². The first kappa shape index (κ1) is 23.3. The van der Waals surface area contributed by atoms with E-state index in [1.807, 2.05) is 31.2 Å². The van der Waals surface area contributed by atoms with Crippen LogP contribution in [0.25, 0.3) is 0 Å². The van der Waals surface area contributed by atoms with Gasteiger partial charge in [-0.05, 0) is 61.1 Å². The van der Waals surface area contributed by atoms with Crippen LogP contribution in [0.2, 0.25) is 0 Å². The molecule has 2 aliphatic carbocycles. The Bertz CT molecular complexity index is 1080. The average molecular weight is 450 g/mol. The van der Waals surface area contributed by atoms with Crippen molar-refractivity contribution in [2.75, 3.05) is 5.32 Å². The number of Topliss-reactive ketones (excluding diaryl/α,β-unsaturated/α-hetero) is 1. The molecule has 6 heteroatoms. The summed E-state index contributed by atoms with van der Waals surface area (Å²) in [4.78, 5) is 42.4. The molecule has 2 amide bonds. The molecule has 2 aromatic rings. The van der Waals surface area contributed by atoms with Crippen molar-refractivity contribution in [3.63, 3.8) is 0 Å². The second-order valence-electron chi connectivity index (χ2n) is 10.5. The Hall–Kier alpha value is -2.89. The number of fused-ring (bicyclic) bond motifs is 1. The van der Waals surface area contributed by atoms with Crippen molar-refractivity contribution in [3.8, 4) is 0 Å². The number of benzene rings is 1. The second-order valence-corrected chi connectivity index (χ2v) is 10.5. The van der Waals surface area contributed by atoms with Crippen LogP contribution in [-0.4, -0.2) is 28.6 Å². The van der Waals surface area contributed by atoms with E-state index < -0.39 is 6.04 Å². The van der Waals surface area contributed by atoms with Gasteiger partial charge >= 0.3 is 0 Å². The molecule has 0 aliphatic heterocycles. The zero-order valence-electron chi connectivity index (χ0n) is 20.1. The molecular weight excluding hydrogens is 414 g/mol. The van der Waals surface area contributed by atoms with Crippen LogP contribution in [0, 0.1) is 18.3 Å². The summed E-state index contributed by atoms with van der Waals surface area (Å²) in [5.41, 5.74) is 4.27. The van der Waals surface area contributed by atoms with Gasteiger partial charge in [-0.2, -0.15) is 0 Å². The number of aromatic amines is 1. The summed E-state index contributed by atoms with van der Waals surface area (Å²) in [6, 6.07) is 7.12. The van der Waals surface area contributed by atoms with E-state index in [0.717, 1.165) is 36.2 Å². The lowest BCUT2D eigenvalue weighted by atomic mass is 9.75. The van der Waals surface area contributed by atoms with E-state index in [1.54, 1.807) is 0 Å². The molecule has 33 heavy (non-hydrogen) atoms. The van der Waals surface area contributed by atoms with Crippen molar-refractivity contribution in [2.45, 2.75) is 78.7 Å². The predicted molar refractivity (Wildman–Crippen MR) is 130 cm³/mol. The summed E-state index contributed by atoms with van der Waals surface area (Å²) in [5, 5.41) is 5.99. The van der Waals surface area contributed by atoms with Crippen LogP contribution in [0.5, 0.6) is 0 Å². The summed E-state index contributed by atoms with van der Waals surface area (Å²) in [6.07, 6.45) is 5.92. The van der Waals surface area contributed by atoms with E-state index in [1.165, 1.54) is 12.8 Å². The van der Waals surface area contributed by atoms with Crippen LogP contribution in [0.4, 0.5) is 5.69 Å². The lowest BCUT2D eigenvalue weighted by Crippen LogP contribution is -2.44. The molecule has 1 atom stereocenters. The average Bonchev–Trinajstić information content (AvgIpc) is 3.52. The number of hydrogen-bond donors (Lipinski definition) is 3. The summed E-state index contributed by atoms with van der Waals surface area (Å²) in [5.74, 6) is 0.205. The van der Waals surface area contributed by atoms with Gasteiger partial charge < -0.3 is 15.6 Å². The highest BCUT2D eigenvalue weighted by Gasteiger charge is 2.36. The molecule has 1 heterocycles. The van der Waals surface area contributed by atoms with E-state index in [0.29, 0.717) is 35.6 Å². The molecule has 6 nitrogen and oxygen atoms in total. The van der Waals surface area contributed by atoms with Crippen LogP contribution < -0.4 is 10.6 Å². The molecule has 0 saturated heterocycles. The second kappa shape index (κ2) is 9.16. The minimum atomic E-state index is -0.630. The number of ketones is 1. The van der Waals surface area contributed by atoms with E-state index in [-0.39, 0.29) is 23.0 Å². The number of nitrogens with one attached hydrogen (secondary N) is 3. The largest absolute Gasteiger partial charge is 0.354 e. The first-order valence-corrected chi connectivity index (χ1v) is 12.1. The highest BCUT2D eigenvalue weighted by atomic mass is 16.2. The maximum atomic E-state index is 13.3. The van der Waals surface area contributed by atoms with Gasteiger partial charge in [0.25, 0.3) is 5.91 Å². The first-order valence-electron chi connectivity index (χ1n) is 12.1. The number of carbonyl (C=O) groups is 3. The quantitative estimate of drug-likeness (QED) is 0.531. The summed E-state index contributed by atoms with van der Waals surface area (Å²) < 4.78 is 0. The van der Waals surface area contributed by atoms with Crippen molar-refractivity contribution >= 4 is 23.3 Å². The van der Waals surface area contributed by atoms with Gasteiger partial charge in [0.15, 0.2) is 5.78 Å². The van der Waals surface area contributed by atoms with Gasteiger partial charge in [-0.15, -0.1) is 0 Å². The Kier molecular flexibility index (Phi) is 6.46. The van der Waals surface area contributed by atoms with E-state index in [4.69, 9.17) is 0 Å². The number of hydrogen-bond acceptors (Lipinski definition) is 3. The predicted octanol–water partition coefficient (Wildman–Crippen LogP) is 4.97. The number of amides is 2. The van der Waals surface area contributed by atoms with Crippen LogP contribution in [-0.2, 0) is 17.6 Å². The minimum absolute atomic E-state index is 0.0771. The molecule has 1 aromatic carbocycles. The number of anilines is 1. The Balaban J connectivity index is 1.53. The molecule has 0 spiro atoms. The number of rotatable bonds is 8. The Morgan fingerprint density at radius 2 is 1.91 bits per heavy atom. The molecular formula is C27H35N3O3. The van der Waals surface area contributed by atoms with Crippen molar-refractivity contribution < 1.29 is 14.4 Å². The fourth-order valence-corrected chi connectivity index (χ4v) is 4.94. The van der Waals surface area contributed by atoms with Gasteiger partial charge in [0.05, 0.1) is 0 Å². The van der Waals surface area contributed by atoms with Crippen LogP contribution >= 0.6 is 0 Å². The molecule has 176 valence electrons. The third-order valence-corrected chi connectivity index (χ3v) is 6.97. The van der Waals surface area contributed by atoms with Crippen molar-refractivity contribution in [1.82, 2.24) is 10.3 Å². The molecule has 1 fully saturated rings. The molecule has 1 aromatic heterocycles. The van der Waals surface area contributed by atoms with Gasteiger partial charge in [0.1, 0.15) is 11.7 Å². The van der Waals surface area contributed by atoms with Crippen LogP contribution in [0.15, 0.2) is 24.3 Å². The van der Waals surface area contributed by atoms with Gasteiger partial charge in [0.2, 0.25) is 5.91 Å². The molecule has 1 unspecified atom stereocenters. The maximum Gasteiger partial charge on any atom is 0.268 e. The lowest BCUT2D eigenvalue weighted by Gasteiger charge is -2.28. The SMILES string of the molecule is CCc1ccccc1NC(=O)C(CCC1CC1)NC(=O)c1[nH]c2c(c1C)C(=O)CC(C)(C)C2. The third-order valence-electron chi connectivity index (χ3n) is 6.97. The molecule has 4 rings (SSSR count). The van der Waals surface area contributed by atoms with Crippen LogP contribution in [0.3, 0.4) is 0 Å². The molecule has 1 saturated carbocycles. The third kappa shape index (κ3) is 5.21. The summed E-state index contributed by atoms with van der Waals surface area (Å²) >= 11 is 0. The minimum Gasteiger partial charge on any atom is -0.354 e. The lowest BCUT2D eigenvalue weighted by molar-refractivity contribution is -0.118. The highest BCUT2D eigenvalue weighted by molar-refractivity contribution is 6.06. The Morgan fingerprint density at radius 3 is 2.61 bits per heavy atom. The Labute approximate surface area is 195 Å². The fourth-order valence-electron chi connectivity index (χ4n) is 4.94. The zero-order valence-corrected chi connectivity index (χ0v) is 20.1. The zero-order chi connectivity index (χ0) is 23.8. The molecule has 3 N–H and O–H groups in total. The number of para-hydroxylation sites is 1. The van der Waals surface area contributed by atoms with Gasteiger partial charge in [-0.25, -0.2) is 0 Å². The van der Waals surface area contributed by atoms with Crippen molar-refractivity contribution in [2.24, 2.45) is 11.3 Å². The smallest absolute Gasteiger partial charge is 0.268 e. The fraction of sp³-hybridized carbons (Fsp3) is 0.519. The van der Waals surface area contributed by atoms with Gasteiger partial charge in [-0.3, -0.25) is 14.4 Å². The highest BCUT2D eigenvalue weighted by Crippen LogP contribution is 2.37. The van der Waals surface area contributed by atoms with Gasteiger partial charge in [0, 0.05) is 23.4 Å². The van der Waals surface area contributed by atoms with Crippen LogP contribution in [0.1, 0.15) is 90.5 Å². The monoisotopic (exact) mass is 449 g/mol. The molecule has 0 bridgehead atoms. The summed E-state index contributed by atoms with van der Waals surface area (Å²) in [7, 11) is 0. The van der Waals surface area contributed by atoms with E-state index in [9.17, 15) is 14.4 Å². The standard InChI is InChI=1S/C27H35N3O3/c1-5-18-8-6-7-9-19(18)29-25(32)20(13-12-17-10-11-17)30-26(33)24-16(2)23-21(28-24)14-27(3,4)15-22(23)31/h6-9,17,20,28H,5,10-15H2,1-4H3,(H,29,32)(H,30,33). The van der Waals surface area contributed by atoms with Gasteiger partial charge in [-0.1, -0.05) is 51.8 Å². The number of H-pyrrole nitrogens is 1. The number of aryl methyl sites for hydroxylation is 1. The maximum absolute atomic E-state index is 13.3. The van der Waals surface area contributed by atoms with E-state index >= 15 is 0 Å². The molecule has 2 aliphatic rings. The summed E-state index contributed by atoms with van der Waals surface area (Å²) in [6.45, 7) is 8.00. The number of carbonyl (C=O) groups excluding carboxylic acids is 3. The van der Waals surface area contributed by atoms with E-state index in [2.05, 4.69) is 36.4 Å². The Morgan fingerprint density at radius 1 is 1.18 bits per heavy atom. The first-order chi connectivity index (χ1) is 15.7. The van der Waals surface area contributed by atoms with Crippen molar-refractivity contribution in [1.29, 1.82) is 0 Å². The topological polar surface area (TPSA) is 91.1 Å². The number of aromatic nitrogens is 1. The normalized spacial score (nSPS) is 17.9.